The zero-order valence-electron chi connectivity index (χ0n) is 16.0. The number of amides is 2. The van der Waals surface area contributed by atoms with Crippen LogP contribution >= 0.6 is 0 Å². The molecule has 0 unspecified atom stereocenters. The quantitative estimate of drug-likeness (QED) is 0.820. The third-order valence-electron chi connectivity index (χ3n) is 5.98. The Hall–Kier alpha value is -2.08. The predicted molar refractivity (Wildman–Crippen MR) is 99.7 cm³/mol. The second-order valence-corrected chi connectivity index (χ2v) is 7.66. The molecule has 1 aliphatic heterocycles. The molecule has 2 aliphatic rings. The van der Waals surface area contributed by atoms with Crippen molar-refractivity contribution in [3.8, 4) is 0 Å². The molecule has 1 N–H and O–H groups in total. The van der Waals surface area contributed by atoms with E-state index >= 15 is 0 Å². The fraction of sp³-hybridized carbons (Fsp3) is 0.600. The summed E-state index contributed by atoms with van der Waals surface area (Å²) in [5.41, 5.74) is 1.08. The molecule has 1 aromatic rings. The molecule has 142 valence electrons. The van der Waals surface area contributed by atoms with Gasteiger partial charge in [0, 0.05) is 12.1 Å². The molecular formula is C20H29N3O3. The highest BCUT2D eigenvalue weighted by molar-refractivity contribution is 5.83. The molecule has 1 saturated carbocycles. The smallest absolute Gasteiger partial charge is 0.325 e. The molecule has 1 heterocycles. The highest BCUT2D eigenvalue weighted by Crippen LogP contribution is 2.45. The van der Waals surface area contributed by atoms with Crippen LogP contribution in [-0.4, -0.2) is 61.1 Å². The normalized spacial score (nSPS) is 28.5. The summed E-state index contributed by atoms with van der Waals surface area (Å²) in [6.45, 7) is 2.71. The topological polar surface area (TPSA) is 61.9 Å². The number of carbonyl (C=O) groups is 2. The Bertz CT molecular complexity index is 652. The summed E-state index contributed by atoms with van der Waals surface area (Å²) in [7, 11) is 4.26. The van der Waals surface area contributed by atoms with E-state index in [4.69, 9.17) is 4.74 Å². The lowest BCUT2D eigenvalue weighted by Crippen LogP contribution is -2.54. The molecule has 0 atom stereocenters. The van der Waals surface area contributed by atoms with Crippen molar-refractivity contribution in [2.75, 3.05) is 33.8 Å². The number of carbonyl (C=O) groups excluding carboxylic acids is 2. The standard InChI is InChI=1S/C20H29N3O3/c1-4-26-17(24)14-23-15-19(21-18(23)25)10-12-20(13-11-19,22(2)3)16-8-6-5-7-9-16/h5-9H,4,10-15H2,1-3H3,(H,21,25)/t19-,20-. The molecule has 0 aromatic heterocycles. The molecule has 0 bridgehead atoms. The van der Waals surface area contributed by atoms with E-state index in [0.29, 0.717) is 13.2 Å². The van der Waals surface area contributed by atoms with Crippen molar-refractivity contribution in [3.63, 3.8) is 0 Å². The van der Waals surface area contributed by atoms with Crippen LogP contribution in [0.1, 0.15) is 38.2 Å². The second-order valence-electron chi connectivity index (χ2n) is 7.66. The lowest BCUT2D eigenvalue weighted by Gasteiger charge is -2.48. The van der Waals surface area contributed by atoms with Crippen molar-refractivity contribution in [1.29, 1.82) is 0 Å². The van der Waals surface area contributed by atoms with Crippen LogP contribution in [0.4, 0.5) is 4.79 Å². The van der Waals surface area contributed by atoms with Crippen LogP contribution in [0.15, 0.2) is 30.3 Å². The lowest BCUT2D eigenvalue weighted by molar-refractivity contribution is -0.143. The molecule has 6 nitrogen and oxygen atoms in total. The molecule has 0 radical (unpaired) electrons. The number of nitrogens with zero attached hydrogens (tertiary/aromatic N) is 2. The molecule has 1 saturated heterocycles. The fourth-order valence-electron chi connectivity index (χ4n) is 4.44. The third kappa shape index (κ3) is 3.43. The zero-order chi connectivity index (χ0) is 18.8. The Morgan fingerprint density at radius 1 is 1.19 bits per heavy atom. The number of rotatable bonds is 5. The van der Waals surface area contributed by atoms with Crippen LogP contribution in [0, 0.1) is 0 Å². The molecular weight excluding hydrogens is 330 g/mol. The van der Waals surface area contributed by atoms with E-state index in [9.17, 15) is 9.59 Å². The van der Waals surface area contributed by atoms with E-state index in [0.717, 1.165) is 25.7 Å². The first-order valence-electron chi connectivity index (χ1n) is 9.36. The molecule has 2 fully saturated rings. The van der Waals surface area contributed by atoms with Gasteiger partial charge in [-0.2, -0.15) is 0 Å². The molecule has 1 spiro atoms. The summed E-state index contributed by atoms with van der Waals surface area (Å²) in [6.07, 6.45) is 3.73. The average molecular weight is 359 g/mol. The first-order valence-corrected chi connectivity index (χ1v) is 9.36. The molecule has 3 rings (SSSR count). The second kappa shape index (κ2) is 7.27. The Morgan fingerprint density at radius 2 is 1.85 bits per heavy atom. The predicted octanol–water partition coefficient (Wildman–Crippen LogP) is 2.34. The summed E-state index contributed by atoms with van der Waals surface area (Å²) in [6, 6.07) is 10.4. The number of nitrogens with one attached hydrogen (secondary N) is 1. The Balaban J connectivity index is 1.71. The lowest BCUT2D eigenvalue weighted by atomic mass is 9.69. The number of urea groups is 1. The van der Waals surface area contributed by atoms with E-state index < -0.39 is 0 Å². The highest BCUT2D eigenvalue weighted by atomic mass is 16.5. The van der Waals surface area contributed by atoms with E-state index in [-0.39, 0.29) is 29.6 Å². The Labute approximate surface area is 155 Å². The van der Waals surface area contributed by atoms with Crippen LogP contribution in [0.2, 0.25) is 0 Å². The molecule has 26 heavy (non-hydrogen) atoms. The van der Waals surface area contributed by atoms with Gasteiger partial charge in [0.15, 0.2) is 0 Å². The fourth-order valence-corrected chi connectivity index (χ4v) is 4.44. The van der Waals surface area contributed by atoms with Crippen molar-refractivity contribution < 1.29 is 14.3 Å². The van der Waals surface area contributed by atoms with Crippen LogP contribution in [0.5, 0.6) is 0 Å². The third-order valence-corrected chi connectivity index (χ3v) is 5.98. The van der Waals surface area contributed by atoms with Crippen molar-refractivity contribution in [2.24, 2.45) is 0 Å². The van der Waals surface area contributed by atoms with Crippen LogP contribution < -0.4 is 5.32 Å². The van der Waals surface area contributed by atoms with Gasteiger partial charge in [-0.3, -0.25) is 9.69 Å². The summed E-state index contributed by atoms with van der Waals surface area (Å²) >= 11 is 0. The maximum absolute atomic E-state index is 12.3. The Morgan fingerprint density at radius 3 is 2.42 bits per heavy atom. The van der Waals surface area contributed by atoms with Gasteiger partial charge < -0.3 is 15.0 Å². The number of hydrogen-bond acceptors (Lipinski definition) is 4. The van der Waals surface area contributed by atoms with Gasteiger partial charge in [0.05, 0.1) is 12.1 Å². The summed E-state index contributed by atoms with van der Waals surface area (Å²) in [4.78, 5) is 28.0. The van der Waals surface area contributed by atoms with Gasteiger partial charge in [0.2, 0.25) is 0 Å². The SMILES string of the molecule is CCOC(=O)CN1C[C@]2(CC[C@@](c3ccccc3)(N(C)C)CC2)NC1=O. The first kappa shape index (κ1) is 18.7. The summed E-state index contributed by atoms with van der Waals surface area (Å²) in [5, 5.41) is 3.16. The summed E-state index contributed by atoms with van der Waals surface area (Å²) in [5.74, 6) is -0.345. The van der Waals surface area contributed by atoms with Gasteiger partial charge in [0.25, 0.3) is 0 Å². The van der Waals surface area contributed by atoms with Gasteiger partial charge in [-0.15, -0.1) is 0 Å². The van der Waals surface area contributed by atoms with Gasteiger partial charge in [0.1, 0.15) is 6.54 Å². The van der Waals surface area contributed by atoms with Gasteiger partial charge in [-0.05, 0) is 52.3 Å². The number of hydrogen-bond donors (Lipinski definition) is 1. The minimum Gasteiger partial charge on any atom is -0.465 e. The van der Waals surface area contributed by atoms with Gasteiger partial charge >= 0.3 is 12.0 Å². The van der Waals surface area contributed by atoms with E-state index in [2.05, 4.69) is 48.6 Å². The average Bonchev–Trinajstić information content (AvgIpc) is 2.91. The van der Waals surface area contributed by atoms with Crippen LogP contribution in [0.25, 0.3) is 0 Å². The van der Waals surface area contributed by atoms with Crippen molar-refractivity contribution >= 4 is 12.0 Å². The maximum atomic E-state index is 12.3. The minimum absolute atomic E-state index is 0.00814. The molecule has 1 aliphatic carbocycles. The zero-order valence-corrected chi connectivity index (χ0v) is 16.0. The number of esters is 1. The van der Waals surface area contributed by atoms with E-state index in [1.807, 2.05) is 6.07 Å². The van der Waals surface area contributed by atoms with Crippen molar-refractivity contribution in [3.05, 3.63) is 35.9 Å². The van der Waals surface area contributed by atoms with Gasteiger partial charge in [-0.25, -0.2) is 4.79 Å². The minimum atomic E-state index is -0.345. The van der Waals surface area contributed by atoms with E-state index in [1.54, 1.807) is 11.8 Å². The maximum Gasteiger partial charge on any atom is 0.325 e. The van der Waals surface area contributed by atoms with Crippen LogP contribution in [0.3, 0.4) is 0 Å². The van der Waals surface area contributed by atoms with E-state index in [1.165, 1.54) is 5.56 Å². The Kier molecular flexibility index (Phi) is 5.23. The molecule has 6 heteroatoms. The molecule has 1 aromatic carbocycles. The number of benzene rings is 1. The first-order chi connectivity index (χ1) is 12.4. The largest absolute Gasteiger partial charge is 0.465 e. The molecule has 2 amide bonds. The highest BCUT2D eigenvalue weighted by Gasteiger charge is 2.50. The monoisotopic (exact) mass is 359 g/mol. The van der Waals surface area contributed by atoms with Crippen molar-refractivity contribution in [1.82, 2.24) is 15.1 Å². The summed E-state index contributed by atoms with van der Waals surface area (Å²) < 4.78 is 4.98. The number of ether oxygens (including phenoxy) is 1. The van der Waals surface area contributed by atoms with Gasteiger partial charge in [-0.1, -0.05) is 30.3 Å². The van der Waals surface area contributed by atoms with Crippen molar-refractivity contribution in [2.45, 2.75) is 43.7 Å². The van der Waals surface area contributed by atoms with Crippen LogP contribution in [-0.2, 0) is 15.1 Å².